The topological polar surface area (TPSA) is 57.0 Å². The van der Waals surface area contributed by atoms with Crippen LogP contribution in [-0.4, -0.2) is 16.1 Å². The van der Waals surface area contributed by atoms with Crippen LogP contribution in [0.3, 0.4) is 0 Å². The van der Waals surface area contributed by atoms with Crippen LogP contribution in [0.25, 0.3) is 0 Å². The average Bonchev–Trinajstić information content (AvgIpc) is 2.13. The van der Waals surface area contributed by atoms with Crippen LogP contribution >= 0.6 is 0 Å². The molecular formula is C6H9N2O2+. The number of aryl methyl sites for hydroxylation is 1. The summed E-state index contributed by atoms with van der Waals surface area (Å²) < 4.78 is 1.58. The molecule has 10 heavy (non-hydrogen) atoms. The molecule has 0 spiro atoms. The zero-order chi connectivity index (χ0) is 7.56. The highest BCUT2D eigenvalue weighted by atomic mass is 16.4. The molecule has 1 heterocycles. The molecule has 0 saturated heterocycles. The van der Waals surface area contributed by atoms with Crippen molar-refractivity contribution < 1.29 is 14.5 Å². The van der Waals surface area contributed by atoms with Crippen molar-refractivity contribution in [3.63, 3.8) is 0 Å². The molecule has 1 aromatic rings. The van der Waals surface area contributed by atoms with E-state index in [2.05, 4.69) is 4.98 Å². The van der Waals surface area contributed by atoms with E-state index in [1.165, 1.54) is 0 Å². The van der Waals surface area contributed by atoms with Gasteiger partial charge >= 0.3 is 5.97 Å². The molecule has 0 saturated carbocycles. The van der Waals surface area contributed by atoms with Crippen molar-refractivity contribution in [1.29, 1.82) is 0 Å². The molecule has 2 N–H and O–H groups in total. The molecule has 0 aliphatic carbocycles. The lowest BCUT2D eigenvalue weighted by Crippen LogP contribution is -2.35. The van der Waals surface area contributed by atoms with Crippen molar-refractivity contribution >= 4 is 5.97 Å². The molecule has 0 aliphatic rings. The molecule has 4 nitrogen and oxygen atoms in total. The van der Waals surface area contributed by atoms with Crippen molar-refractivity contribution in [2.24, 2.45) is 0 Å². The molecule has 0 aliphatic heterocycles. The van der Waals surface area contributed by atoms with Crippen LogP contribution in [0.15, 0.2) is 12.5 Å². The fourth-order valence-electron chi connectivity index (χ4n) is 0.755. The van der Waals surface area contributed by atoms with Gasteiger partial charge in [-0.3, -0.25) is 0 Å². The maximum Gasteiger partial charge on any atom is 0.346 e. The molecule has 0 radical (unpaired) electrons. The summed E-state index contributed by atoms with van der Waals surface area (Å²) in [7, 11) is 0. The van der Waals surface area contributed by atoms with Gasteiger partial charge < -0.3 is 5.11 Å². The average molecular weight is 141 g/mol. The fraction of sp³-hybridized carbons (Fsp3) is 0.333. The Morgan fingerprint density at radius 1 is 1.90 bits per heavy atom. The van der Waals surface area contributed by atoms with Crippen LogP contribution < -0.4 is 4.57 Å². The van der Waals surface area contributed by atoms with Gasteiger partial charge in [-0.25, -0.2) is 14.3 Å². The van der Waals surface area contributed by atoms with E-state index >= 15 is 0 Å². The first-order chi connectivity index (χ1) is 4.68. The summed E-state index contributed by atoms with van der Waals surface area (Å²) >= 11 is 0. The Kier molecular flexibility index (Phi) is 1.71. The van der Waals surface area contributed by atoms with E-state index < -0.39 is 5.97 Å². The van der Waals surface area contributed by atoms with Gasteiger partial charge in [-0.2, -0.15) is 0 Å². The predicted octanol–water partition coefficient (Wildman–Crippen LogP) is -0.305. The molecule has 0 unspecified atom stereocenters. The number of hydrogen-bond donors (Lipinski definition) is 2. The first-order valence-electron chi connectivity index (χ1n) is 2.94. The van der Waals surface area contributed by atoms with Gasteiger partial charge in [-0.15, -0.1) is 0 Å². The van der Waals surface area contributed by atoms with Crippen molar-refractivity contribution in [3.8, 4) is 0 Å². The third-order valence-corrected chi connectivity index (χ3v) is 1.14. The molecule has 0 fully saturated rings. The maximum atomic E-state index is 10.1. The minimum absolute atomic E-state index is 0.0182. The Hall–Kier alpha value is -1.32. The van der Waals surface area contributed by atoms with Gasteiger partial charge in [0.2, 0.25) is 6.33 Å². The van der Waals surface area contributed by atoms with Crippen LogP contribution in [0.5, 0.6) is 0 Å². The van der Waals surface area contributed by atoms with Crippen LogP contribution in [0.1, 0.15) is 5.69 Å². The van der Waals surface area contributed by atoms with E-state index in [0.29, 0.717) is 0 Å². The molecule has 1 aromatic heterocycles. The van der Waals surface area contributed by atoms with Gasteiger partial charge in [0.1, 0.15) is 11.9 Å². The molecule has 0 aromatic carbocycles. The normalized spacial score (nSPS) is 9.70. The number of carboxylic acids is 1. The summed E-state index contributed by atoms with van der Waals surface area (Å²) in [6.07, 6.45) is 3.37. The number of H-pyrrole nitrogens is 1. The van der Waals surface area contributed by atoms with Crippen LogP contribution in [0, 0.1) is 6.92 Å². The first kappa shape index (κ1) is 6.80. The Bertz CT molecular complexity index is 242. The number of aromatic nitrogens is 2. The second-order valence-corrected chi connectivity index (χ2v) is 2.15. The highest BCUT2D eigenvalue weighted by Gasteiger charge is 2.04. The molecule has 4 heteroatoms. The lowest BCUT2D eigenvalue weighted by molar-refractivity contribution is -0.684. The number of rotatable bonds is 2. The van der Waals surface area contributed by atoms with Gasteiger partial charge in [0.25, 0.3) is 0 Å². The van der Waals surface area contributed by atoms with Crippen molar-refractivity contribution in [2.45, 2.75) is 13.5 Å². The Morgan fingerprint density at radius 2 is 2.60 bits per heavy atom. The fourth-order valence-corrected chi connectivity index (χ4v) is 0.755. The van der Waals surface area contributed by atoms with Gasteiger partial charge in [0.15, 0.2) is 6.54 Å². The summed E-state index contributed by atoms with van der Waals surface area (Å²) in [6, 6.07) is 0. The summed E-state index contributed by atoms with van der Waals surface area (Å²) in [4.78, 5) is 13.0. The summed E-state index contributed by atoms with van der Waals surface area (Å²) in [5, 5.41) is 8.34. The molecule has 0 amide bonds. The van der Waals surface area contributed by atoms with Gasteiger partial charge in [-0.05, 0) is 0 Å². The SMILES string of the molecule is Cc1c[n+](CC(=O)O)c[nH]1. The second-order valence-electron chi connectivity index (χ2n) is 2.15. The third-order valence-electron chi connectivity index (χ3n) is 1.14. The minimum Gasteiger partial charge on any atom is -0.478 e. The zero-order valence-electron chi connectivity index (χ0n) is 5.66. The zero-order valence-corrected chi connectivity index (χ0v) is 5.66. The maximum absolute atomic E-state index is 10.1. The van der Waals surface area contributed by atoms with E-state index in [0.717, 1.165) is 5.69 Å². The van der Waals surface area contributed by atoms with E-state index in [4.69, 9.17) is 5.11 Å². The highest BCUT2D eigenvalue weighted by Crippen LogP contribution is 1.82. The van der Waals surface area contributed by atoms with Crippen molar-refractivity contribution in [2.75, 3.05) is 0 Å². The first-order valence-corrected chi connectivity index (χ1v) is 2.94. The largest absolute Gasteiger partial charge is 0.478 e. The van der Waals surface area contributed by atoms with Crippen LogP contribution in [-0.2, 0) is 11.3 Å². The van der Waals surface area contributed by atoms with Crippen LogP contribution in [0.4, 0.5) is 0 Å². The monoisotopic (exact) mass is 141 g/mol. The van der Waals surface area contributed by atoms with E-state index in [-0.39, 0.29) is 6.54 Å². The van der Waals surface area contributed by atoms with Gasteiger partial charge in [0, 0.05) is 6.92 Å². The molecule has 0 bridgehead atoms. The number of aliphatic carboxylic acids is 1. The number of aromatic amines is 1. The van der Waals surface area contributed by atoms with Crippen molar-refractivity contribution in [3.05, 3.63) is 18.2 Å². The molecule has 54 valence electrons. The van der Waals surface area contributed by atoms with E-state index in [1.807, 2.05) is 6.92 Å². The van der Waals surface area contributed by atoms with Crippen molar-refractivity contribution in [1.82, 2.24) is 4.98 Å². The van der Waals surface area contributed by atoms with E-state index in [1.54, 1.807) is 17.1 Å². The number of nitrogens with zero attached hydrogens (tertiary/aromatic N) is 1. The quantitative estimate of drug-likeness (QED) is 0.555. The third kappa shape index (κ3) is 1.58. The standard InChI is InChI=1S/C6H8N2O2/c1-5-2-8(4-7-5)3-6(9)10/h2,4H,3H2,1H3,(H,9,10)/p+1. The molecular weight excluding hydrogens is 132 g/mol. The predicted molar refractivity (Wildman–Crippen MR) is 33.4 cm³/mol. The number of carboxylic acid groups (broad SMARTS) is 1. The number of hydrogen-bond acceptors (Lipinski definition) is 1. The minimum atomic E-state index is -0.830. The Balaban J connectivity index is 2.67. The van der Waals surface area contributed by atoms with E-state index in [9.17, 15) is 4.79 Å². The summed E-state index contributed by atoms with van der Waals surface area (Å²) in [6.45, 7) is 1.89. The smallest absolute Gasteiger partial charge is 0.346 e. The van der Waals surface area contributed by atoms with Gasteiger partial charge in [0.05, 0.1) is 0 Å². The summed E-state index contributed by atoms with van der Waals surface area (Å²) in [5.41, 5.74) is 0.959. The summed E-state index contributed by atoms with van der Waals surface area (Å²) in [5.74, 6) is -0.830. The molecule has 0 atom stereocenters. The van der Waals surface area contributed by atoms with Crippen LogP contribution in [0.2, 0.25) is 0 Å². The second kappa shape index (κ2) is 2.51. The number of imidazole rings is 1. The lowest BCUT2D eigenvalue weighted by atomic mass is 10.5. The lowest BCUT2D eigenvalue weighted by Gasteiger charge is -1.85. The number of nitrogens with one attached hydrogen (secondary N) is 1. The Morgan fingerprint density at radius 3 is 3.00 bits per heavy atom. The highest BCUT2D eigenvalue weighted by molar-refractivity contribution is 5.64. The number of carbonyl (C=O) groups is 1. The Labute approximate surface area is 58.1 Å². The van der Waals surface area contributed by atoms with Gasteiger partial charge in [-0.1, -0.05) is 0 Å². The molecule has 1 rings (SSSR count).